The maximum Gasteiger partial charge on any atom is 0.225 e. The van der Waals surface area contributed by atoms with Gasteiger partial charge >= 0.3 is 0 Å². The molecule has 0 radical (unpaired) electrons. The van der Waals surface area contributed by atoms with Crippen LogP contribution in [0.3, 0.4) is 0 Å². The predicted molar refractivity (Wildman–Crippen MR) is 92.5 cm³/mol. The van der Waals surface area contributed by atoms with Crippen molar-refractivity contribution in [2.75, 3.05) is 43.1 Å². The monoisotopic (exact) mass is 322 g/mol. The molecule has 0 atom stereocenters. The first kappa shape index (κ1) is 14.6. The fourth-order valence-corrected chi connectivity index (χ4v) is 2.97. The zero-order valence-electron chi connectivity index (χ0n) is 13.5. The second-order valence-corrected chi connectivity index (χ2v) is 5.60. The van der Waals surface area contributed by atoms with Crippen LogP contribution in [0.15, 0.2) is 43.0 Å². The molecule has 1 aliphatic heterocycles. The number of hydrogen-bond donors (Lipinski definition) is 0. The van der Waals surface area contributed by atoms with E-state index in [0.717, 1.165) is 54.6 Å². The minimum absolute atomic E-state index is 0.784. The Balaban J connectivity index is 1.58. The quantitative estimate of drug-likeness (QED) is 0.728. The van der Waals surface area contributed by atoms with Crippen LogP contribution in [-0.4, -0.2) is 53.2 Å². The maximum atomic E-state index is 5.34. The number of fused-ring (bicyclic) bond motifs is 1. The molecular weight excluding hydrogens is 304 g/mol. The molecule has 0 unspecified atom stereocenters. The summed E-state index contributed by atoms with van der Waals surface area (Å²) < 4.78 is 5.34. The topological polar surface area (TPSA) is 67.3 Å². The van der Waals surface area contributed by atoms with Gasteiger partial charge in [-0.1, -0.05) is 0 Å². The van der Waals surface area contributed by atoms with Gasteiger partial charge in [0, 0.05) is 44.0 Å². The van der Waals surface area contributed by atoms with Crippen molar-refractivity contribution in [3.05, 3.63) is 43.0 Å². The summed E-state index contributed by atoms with van der Waals surface area (Å²) >= 11 is 0. The Labute approximate surface area is 140 Å². The van der Waals surface area contributed by atoms with Crippen LogP contribution in [0.2, 0.25) is 0 Å². The number of piperazine rings is 1. The lowest BCUT2D eigenvalue weighted by atomic mass is 10.2. The highest BCUT2D eigenvalue weighted by Crippen LogP contribution is 2.27. The molecule has 7 nitrogen and oxygen atoms in total. The summed E-state index contributed by atoms with van der Waals surface area (Å²) in [7, 11) is 1.67. The van der Waals surface area contributed by atoms with Gasteiger partial charge in [0.15, 0.2) is 0 Å². The fourth-order valence-electron chi connectivity index (χ4n) is 2.97. The van der Waals surface area contributed by atoms with Crippen LogP contribution in [0, 0.1) is 0 Å². The zero-order chi connectivity index (χ0) is 16.4. The van der Waals surface area contributed by atoms with Crippen molar-refractivity contribution in [2.45, 2.75) is 0 Å². The molecule has 1 saturated heterocycles. The van der Waals surface area contributed by atoms with E-state index in [2.05, 4.69) is 29.7 Å². The van der Waals surface area contributed by atoms with Gasteiger partial charge in [0.25, 0.3) is 0 Å². The van der Waals surface area contributed by atoms with Gasteiger partial charge in [-0.3, -0.25) is 0 Å². The van der Waals surface area contributed by atoms with Gasteiger partial charge in [-0.25, -0.2) is 19.9 Å². The number of nitrogens with zero attached hydrogens (tertiary/aromatic N) is 6. The molecule has 0 amide bonds. The largest absolute Gasteiger partial charge is 0.497 e. The summed E-state index contributed by atoms with van der Waals surface area (Å²) in [5.74, 6) is 2.55. The van der Waals surface area contributed by atoms with Crippen molar-refractivity contribution in [1.29, 1.82) is 0 Å². The third kappa shape index (κ3) is 2.68. The third-order valence-corrected chi connectivity index (χ3v) is 4.24. The van der Waals surface area contributed by atoms with Crippen molar-refractivity contribution < 1.29 is 4.74 Å². The fraction of sp³-hybridized carbons (Fsp3) is 0.294. The minimum atomic E-state index is 0.784. The summed E-state index contributed by atoms with van der Waals surface area (Å²) in [5, 5.41) is 1.02. The summed E-state index contributed by atoms with van der Waals surface area (Å²) in [6, 6.07) is 7.72. The molecule has 2 aromatic heterocycles. The van der Waals surface area contributed by atoms with Gasteiger partial charge in [-0.15, -0.1) is 0 Å². The van der Waals surface area contributed by atoms with Gasteiger partial charge < -0.3 is 14.5 Å². The van der Waals surface area contributed by atoms with Gasteiger partial charge in [0.05, 0.1) is 12.6 Å². The van der Waals surface area contributed by atoms with Gasteiger partial charge in [0.2, 0.25) is 5.95 Å². The second-order valence-electron chi connectivity index (χ2n) is 5.60. The highest BCUT2D eigenvalue weighted by atomic mass is 16.5. The van der Waals surface area contributed by atoms with E-state index in [1.807, 2.05) is 24.3 Å². The first-order valence-corrected chi connectivity index (χ1v) is 7.91. The summed E-state index contributed by atoms with van der Waals surface area (Å²) in [6.07, 6.45) is 5.18. The van der Waals surface area contributed by atoms with Gasteiger partial charge in [0.1, 0.15) is 17.9 Å². The average Bonchev–Trinajstić information content (AvgIpc) is 2.68. The van der Waals surface area contributed by atoms with E-state index in [-0.39, 0.29) is 0 Å². The molecule has 3 heterocycles. The van der Waals surface area contributed by atoms with Crippen molar-refractivity contribution in [2.24, 2.45) is 0 Å². The van der Waals surface area contributed by atoms with E-state index < -0.39 is 0 Å². The Kier molecular flexibility index (Phi) is 3.82. The molecule has 0 saturated carbocycles. The molecular formula is C17H18N6O. The van der Waals surface area contributed by atoms with E-state index in [9.17, 15) is 0 Å². The zero-order valence-corrected chi connectivity index (χ0v) is 13.5. The molecule has 7 heteroatoms. The van der Waals surface area contributed by atoms with Gasteiger partial charge in [-0.05, 0) is 24.3 Å². The highest BCUT2D eigenvalue weighted by molar-refractivity contribution is 5.90. The Morgan fingerprint density at radius 3 is 2.42 bits per heavy atom. The van der Waals surface area contributed by atoms with Crippen molar-refractivity contribution in [3.63, 3.8) is 0 Å². The summed E-state index contributed by atoms with van der Waals surface area (Å²) in [6.45, 7) is 3.45. The molecule has 1 aromatic carbocycles. The minimum Gasteiger partial charge on any atom is -0.497 e. The van der Waals surface area contributed by atoms with Crippen molar-refractivity contribution in [1.82, 2.24) is 19.9 Å². The van der Waals surface area contributed by atoms with E-state index in [1.165, 1.54) is 0 Å². The Morgan fingerprint density at radius 2 is 1.67 bits per heavy atom. The van der Waals surface area contributed by atoms with Crippen LogP contribution in [0.4, 0.5) is 11.8 Å². The maximum absolute atomic E-state index is 5.34. The van der Waals surface area contributed by atoms with Crippen LogP contribution in [0.25, 0.3) is 10.9 Å². The van der Waals surface area contributed by atoms with Crippen LogP contribution < -0.4 is 14.5 Å². The predicted octanol–water partition coefficient (Wildman–Crippen LogP) is 1.75. The number of aromatic nitrogens is 4. The molecule has 4 rings (SSSR count). The number of methoxy groups -OCH3 is 1. The molecule has 1 aliphatic rings. The molecule has 3 aromatic rings. The normalized spacial score (nSPS) is 14.9. The first-order chi connectivity index (χ1) is 11.8. The first-order valence-electron chi connectivity index (χ1n) is 7.91. The number of hydrogen-bond acceptors (Lipinski definition) is 7. The molecule has 1 fully saturated rings. The lowest BCUT2D eigenvalue weighted by Crippen LogP contribution is -2.47. The Bertz CT molecular complexity index is 833. The van der Waals surface area contributed by atoms with Crippen molar-refractivity contribution >= 4 is 22.7 Å². The summed E-state index contributed by atoms with van der Waals surface area (Å²) in [4.78, 5) is 22.0. The Morgan fingerprint density at radius 1 is 0.917 bits per heavy atom. The SMILES string of the molecule is COc1ccc2ncnc(N3CCN(c4ncccn4)CC3)c2c1. The standard InChI is InChI=1S/C17H18N6O/c1-24-13-3-4-15-14(11-13)16(21-12-20-15)22-7-9-23(10-8-22)17-18-5-2-6-19-17/h2-6,11-12H,7-10H2,1H3. The van der Waals surface area contributed by atoms with Gasteiger partial charge in [-0.2, -0.15) is 0 Å². The lowest BCUT2D eigenvalue weighted by molar-refractivity contribution is 0.415. The van der Waals surface area contributed by atoms with Crippen LogP contribution in [0.1, 0.15) is 0 Å². The molecule has 0 aliphatic carbocycles. The van der Waals surface area contributed by atoms with Crippen LogP contribution >= 0.6 is 0 Å². The lowest BCUT2D eigenvalue weighted by Gasteiger charge is -2.35. The molecule has 122 valence electrons. The molecule has 0 bridgehead atoms. The van der Waals surface area contributed by atoms with E-state index in [0.29, 0.717) is 0 Å². The van der Waals surface area contributed by atoms with E-state index >= 15 is 0 Å². The molecule has 24 heavy (non-hydrogen) atoms. The number of benzene rings is 1. The number of rotatable bonds is 3. The van der Waals surface area contributed by atoms with Crippen molar-refractivity contribution in [3.8, 4) is 5.75 Å². The molecule has 0 N–H and O–H groups in total. The number of ether oxygens (including phenoxy) is 1. The van der Waals surface area contributed by atoms with Crippen LogP contribution in [-0.2, 0) is 0 Å². The van der Waals surface area contributed by atoms with E-state index in [1.54, 1.807) is 25.8 Å². The summed E-state index contributed by atoms with van der Waals surface area (Å²) in [5.41, 5.74) is 0.926. The molecule has 0 spiro atoms. The number of anilines is 2. The van der Waals surface area contributed by atoms with Crippen LogP contribution in [0.5, 0.6) is 5.75 Å². The van der Waals surface area contributed by atoms with E-state index in [4.69, 9.17) is 4.74 Å². The smallest absolute Gasteiger partial charge is 0.225 e. The average molecular weight is 322 g/mol. The third-order valence-electron chi connectivity index (χ3n) is 4.24. The second kappa shape index (κ2) is 6.27. The Hall–Kier alpha value is -2.96. The highest BCUT2D eigenvalue weighted by Gasteiger charge is 2.21.